The Kier molecular flexibility index (Phi) is 19.8. The van der Waals surface area contributed by atoms with Crippen LogP contribution in [0.4, 0.5) is 34.1 Å². The highest BCUT2D eigenvalue weighted by Gasteiger charge is 2.25. The lowest BCUT2D eigenvalue weighted by molar-refractivity contribution is 1.17. The van der Waals surface area contributed by atoms with Crippen molar-refractivity contribution in [3.8, 4) is 78.6 Å². The Labute approximate surface area is 831 Å². The van der Waals surface area contributed by atoms with Crippen molar-refractivity contribution >= 4 is 176 Å². The lowest BCUT2D eigenvalue weighted by Crippen LogP contribution is -2.11. The van der Waals surface area contributed by atoms with E-state index in [-0.39, 0.29) is 0 Å². The quantitative estimate of drug-likeness (QED) is 0.0967. The van der Waals surface area contributed by atoms with Crippen molar-refractivity contribution in [1.82, 2.24) is 27.4 Å². The van der Waals surface area contributed by atoms with Crippen molar-refractivity contribution in [1.29, 1.82) is 0 Å². The second-order valence-corrected chi connectivity index (χ2v) is 37.4. The van der Waals surface area contributed by atoms with Gasteiger partial charge in [0.2, 0.25) is 0 Å². The summed E-state index contributed by atoms with van der Waals surface area (Å²) in [7, 11) is 0. The van der Waals surface area contributed by atoms with Crippen LogP contribution in [0.2, 0.25) is 0 Å². The summed E-state index contributed by atoms with van der Waals surface area (Å²) in [5.74, 6) is 0. The summed E-state index contributed by atoms with van der Waals surface area (Å²) in [4.78, 5) is 4.79. The van der Waals surface area contributed by atoms with Gasteiger partial charge in [0.25, 0.3) is 0 Å². The molecule has 8 nitrogen and oxygen atoms in total. The monoisotopic (exact) mass is 1830 g/mol. The summed E-state index contributed by atoms with van der Waals surface area (Å²) in [5.41, 5.74) is 37.1. The van der Waals surface area contributed by atoms with Gasteiger partial charge in [0.1, 0.15) is 0 Å². The van der Waals surface area contributed by atoms with Crippen LogP contribution < -0.4 is 9.80 Å². The van der Waals surface area contributed by atoms with Crippen LogP contribution in [0.15, 0.2) is 546 Å². The molecule has 0 saturated heterocycles. The van der Waals surface area contributed by atoms with Gasteiger partial charge in [-0.2, -0.15) is 0 Å². The van der Waals surface area contributed by atoms with Gasteiger partial charge >= 0.3 is 0 Å². The van der Waals surface area contributed by atoms with Crippen LogP contribution in [-0.2, 0) is 0 Å². The molecule has 0 aliphatic heterocycles. The average Bonchev–Trinajstić information content (AvgIpc) is 1.57. The Bertz CT molecular complexity index is 9830. The van der Waals surface area contributed by atoms with Gasteiger partial charge < -0.3 is 37.2 Å². The Morgan fingerprint density at radius 1 is 0.111 bits per heavy atom. The number of aromatic nitrogens is 6. The molecule has 0 bridgehead atoms. The van der Waals surface area contributed by atoms with Crippen LogP contribution in [0.1, 0.15) is 0 Å². The molecule has 0 radical (unpaired) electrons. The van der Waals surface area contributed by atoms with Crippen LogP contribution in [0.5, 0.6) is 0 Å². The zero-order valence-electron chi connectivity index (χ0n) is 78.5. The fraction of sp³-hybridized carbons (Fsp3) is 0. The minimum absolute atomic E-state index is 1.07. The molecule has 8 heteroatoms. The van der Waals surface area contributed by atoms with Crippen LogP contribution in [-0.4, -0.2) is 27.4 Å². The lowest BCUT2D eigenvalue weighted by atomic mass is 9.95. The molecule has 0 N–H and O–H groups in total. The van der Waals surface area contributed by atoms with Crippen molar-refractivity contribution in [2.24, 2.45) is 0 Å². The largest absolute Gasteiger partial charge is 0.311 e. The lowest BCUT2D eigenvalue weighted by Gasteiger charge is -2.28. The molecule has 29 aromatic rings. The highest BCUT2D eigenvalue weighted by atomic mass is 15.2. The first-order chi connectivity index (χ1) is 71.5. The first-order valence-electron chi connectivity index (χ1n) is 49.4. The van der Waals surface area contributed by atoms with Gasteiger partial charge in [-0.15, -0.1) is 0 Å². The number of nitrogens with zero attached hydrogens (tertiary/aromatic N) is 8. The van der Waals surface area contributed by atoms with E-state index in [1.54, 1.807) is 0 Å². The molecule has 0 aliphatic carbocycles. The Hall–Kier alpha value is -19.3. The zero-order valence-corrected chi connectivity index (χ0v) is 78.5. The number of hydrogen-bond acceptors (Lipinski definition) is 2. The molecule has 674 valence electrons. The van der Waals surface area contributed by atoms with E-state index in [1.807, 2.05) is 0 Å². The molecule has 144 heavy (non-hydrogen) atoms. The van der Waals surface area contributed by atoms with Crippen LogP contribution in [0, 0.1) is 0 Å². The van der Waals surface area contributed by atoms with Gasteiger partial charge in [-0.25, -0.2) is 0 Å². The molecule has 0 spiro atoms. The van der Waals surface area contributed by atoms with Crippen LogP contribution >= 0.6 is 0 Å². The summed E-state index contributed by atoms with van der Waals surface area (Å²) >= 11 is 0. The fourth-order valence-corrected chi connectivity index (χ4v) is 22.9. The van der Waals surface area contributed by atoms with E-state index < -0.39 is 0 Å². The van der Waals surface area contributed by atoms with Crippen molar-refractivity contribution < 1.29 is 0 Å². The molecule has 0 aliphatic rings. The predicted octanol–water partition coefficient (Wildman–Crippen LogP) is 36.7. The topological polar surface area (TPSA) is 36.1 Å². The molecule has 23 aromatic carbocycles. The second-order valence-electron chi connectivity index (χ2n) is 37.4. The third-order valence-corrected chi connectivity index (χ3v) is 29.5. The number of hydrogen-bond donors (Lipinski definition) is 0. The van der Waals surface area contributed by atoms with E-state index in [0.29, 0.717) is 0 Å². The van der Waals surface area contributed by atoms with Gasteiger partial charge in [-0.3, -0.25) is 0 Å². The molecule has 0 fully saturated rings. The van der Waals surface area contributed by atoms with Crippen LogP contribution in [0.25, 0.3) is 220 Å². The molecule has 0 unspecified atom stereocenters. The molecule has 6 aromatic heterocycles. The van der Waals surface area contributed by atoms with Crippen molar-refractivity contribution in [2.45, 2.75) is 0 Å². The first-order valence-corrected chi connectivity index (χ1v) is 49.4. The molecule has 29 rings (SSSR count). The maximum absolute atomic E-state index is 2.42. The number of para-hydroxylation sites is 12. The standard InChI is InChI=1S/C70H46N4.C66H44N4/c1-2-16-50(17-3-1)74-68-29-15-10-24-62(68)63-43-34-49(46-70(63)74)55-44-45-69(57-19-5-4-18-56(55)57)71(52-39-41-54(42-40-52)73-66-27-13-8-22-60(66)61-23-9-14-28-67(61)73)51-35-30-47(31-36-51)48-32-37-53(38-33-48)72-64-25-11-6-20-58(64)59-21-7-12-26-65(59)72;1-2-14-49(15-3-1)70-65-25-13-8-20-59(65)60-43-32-48(44-66(60)70)47-30-35-51(36-31-47)67(52-39-41-54(42-40-52)69-63-23-11-6-18-57(63)58-19-7-12-24-64(58)69)50-33-26-45(27-34-50)46-28-37-53(38-29-46)68-61-21-9-4-16-55(61)56-17-5-10-22-62(56)68/h1-46H;1-44H. The minimum atomic E-state index is 1.07. The molecule has 0 atom stereocenters. The smallest absolute Gasteiger partial charge is 0.0547 e. The average molecular weight is 1840 g/mol. The van der Waals surface area contributed by atoms with Crippen LogP contribution in [0.3, 0.4) is 0 Å². The van der Waals surface area contributed by atoms with E-state index in [1.165, 1.54) is 169 Å². The summed E-state index contributed by atoms with van der Waals surface area (Å²) in [6.07, 6.45) is 0. The second kappa shape index (κ2) is 34.4. The summed E-state index contributed by atoms with van der Waals surface area (Å²) in [5, 5.41) is 17.4. The summed E-state index contributed by atoms with van der Waals surface area (Å²) in [6, 6.07) is 199. The number of rotatable bonds is 16. The summed E-state index contributed by atoms with van der Waals surface area (Å²) in [6.45, 7) is 0. The first kappa shape index (κ1) is 82.9. The maximum atomic E-state index is 2.42. The Morgan fingerprint density at radius 2 is 0.299 bits per heavy atom. The Balaban J connectivity index is 0.000000140. The molecule has 0 amide bonds. The molecule has 6 heterocycles. The van der Waals surface area contributed by atoms with Crippen molar-refractivity contribution in [3.63, 3.8) is 0 Å². The number of benzene rings is 23. The third kappa shape index (κ3) is 13.8. The number of fused-ring (bicyclic) bond motifs is 19. The predicted molar refractivity (Wildman–Crippen MR) is 608 cm³/mol. The highest BCUT2D eigenvalue weighted by Crippen LogP contribution is 2.48. The Morgan fingerprint density at radius 3 is 0.590 bits per heavy atom. The maximum Gasteiger partial charge on any atom is 0.0547 e. The highest BCUT2D eigenvalue weighted by molar-refractivity contribution is 6.17. The fourth-order valence-electron chi connectivity index (χ4n) is 22.9. The molecular formula is C136H90N8. The van der Waals surface area contributed by atoms with E-state index >= 15 is 0 Å². The van der Waals surface area contributed by atoms with Gasteiger partial charge in [0, 0.05) is 133 Å². The molecule has 0 saturated carbocycles. The van der Waals surface area contributed by atoms with Crippen molar-refractivity contribution in [2.75, 3.05) is 9.80 Å². The zero-order chi connectivity index (χ0) is 94.8. The van der Waals surface area contributed by atoms with Crippen molar-refractivity contribution in [3.05, 3.63) is 546 Å². The molecular weight excluding hydrogens is 1750 g/mol. The van der Waals surface area contributed by atoms with E-state index in [9.17, 15) is 0 Å². The summed E-state index contributed by atoms with van der Waals surface area (Å²) < 4.78 is 14.3. The SMILES string of the molecule is c1ccc(-n2c3ccccc3c3ccc(-c4ccc(N(c5ccc(-c6ccc(-n7c8ccccc8c8ccccc87)cc6)cc5)c5ccc(-n6c7ccccc7c7ccccc76)cc5)c5ccccc45)cc32)cc1.c1ccc(-n2c3ccccc3c3ccc(-c4ccc(N(c5ccc(-c6ccc(-n7c8ccccc8c8ccccc87)cc6)cc5)c5ccc(-n6c7ccccc7c7ccccc76)cc5)cc4)cc32)cc1. The van der Waals surface area contributed by atoms with Gasteiger partial charge in [-0.05, 0) is 262 Å². The van der Waals surface area contributed by atoms with E-state index in [0.717, 1.165) is 84.9 Å². The van der Waals surface area contributed by atoms with Gasteiger partial charge in [0.15, 0.2) is 0 Å². The normalized spacial score (nSPS) is 11.8. The van der Waals surface area contributed by atoms with Gasteiger partial charge in [0.05, 0.1) is 71.9 Å². The minimum Gasteiger partial charge on any atom is -0.311 e. The van der Waals surface area contributed by atoms with E-state index in [4.69, 9.17) is 0 Å². The van der Waals surface area contributed by atoms with E-state index in [2.05, 4.69) is 583 Å². The van der Waals surface area contributed by atoms with Gasteiger partial charge in [-0.1, -0.05) is 334 Å². The third-order valence-electron chi connectivity index (χ3n) is 29.5. The number of anilines is 6.